The van der Waals surface area contributed by atoms with Gasteiger partial charge in [0.15, 0.2) is 0 Å². The number of hydrogen-bond donors (Lipinski definition) is 1. The Balaban J connectivity index is 2.42. The largest absolute Gasteiger partial charge is 0.361 e. The minimum atomic E-state index is 0.623. The Morgan fingerprint density at radius 2 is 2.36 bits per heavy atom. The van der Waals surface area contributed by atoms with Crippen molar-refractivity contribution < 1.29 is 0 Å². The number of H-pyrrole nitrogens is 1. The average Bonchev–Trinajstić information content (AvgIpc) is 2.61. The van der Waals surface area contributed by atoms with Gasteiger partial charge in [-0.1, -0.05) is 20.3 Å². The average molecular weight is 188 g/mol. The van der Waals surface area contributed by atoms with Gasteiger partial charge in [-0.05, 0) is 24.0 Å². The van der Waals surface area contributed by atoms with Gasteiger partial charge in [0.2, 0.25) is 0 Å². The molecule has 1 N–H and O–H groups in total. The van der Waals surface area contributed by atoms with Crippen LogP contribution in [0, 0.1) is 0 Å². The van der Waals surface area contributed by atoms with E-state index in [0.717, 1.165) is 0 Å². The maximum Gasteiger partial charge on any atom is 0.0487 e. The fourth-order valence-electron chi connectivity index (χ4n) is 1.98. The molecule has 2 heteroatoms. The summed E-state index contributed by atoms with van der Waals surface area (Å²) in [7, 11) is 0. The predicted octanol–water partition coefficient (Wildman–Crippen LogP) is 3.47. The molecule has 2 aromatic heterocycles. The highest BCUT2D eigenvalue weighted by molar-refractivity contribution is 5.82. The second-order valence-electron chi connectivity index (χ2n) is 3.85. The zero-order valence-electron chi connectivity index (χ0n) is 8.75. The second kappa shape index (κ2) is 3.82. The van der Waals surface area contributed by atoms with Gasteiger partial charge in [-0.3, -0.25) is 4.98 Å². The van der Waals surface area contributed by atoms with Crippen molar-refractivity contribution in [3.05, 3.63) is 30.2 Å². The van der Waals surface area contributed by atoms with E-state index >= 15 is 0 Å². The molecule has 0 amide bonds. The summed E-state index contributed by atoms with van der Waals surface area (Å²) < 4.78 is 0. The van der Waals surface area contributed by atoms with Gasteiger partial charge in [-0.15, -0.1) is 0 Å². The first-order valence-corrected chi connectivity index (χ1v) is 5.24. The Morgan fingerprint density at radius 1 is 1.50 bits per heavy atom. The number of pyridine rings is 1. The molecule has 1 unspecified atom stereocenters. The van der Waals surface area contributed by atoms with Gasteiger partial charge >= 0.3 is 0 Å². The van der Waals surface area contributed by atoms with Crippen LogP contribution in [0.4, 0.5) is 0 Å². The Morgan fingerprint density at radius 3 is 3.14 bits per heavy atom. The lowest BCUT2D eigenvalue weighted by atomic mass is 9.97. The van der Waals surface area contributed by atoms with Gasteiger partial charge in [0.1, 0.15) is 0 Å². The van der Waals surface area contributed by atoms with E-state index in [1.807, 2.05) is 18.5 Å². The molecule has 0 aromatic carbocycles. The van der Waals surface area contributed by atoms with Crippen LogP contribution in [0.2, 0.25) is 0 Å². The summed E-state index contributed by atoms with van der Waals surface area (Å²) >= 11 is 0. The number of aromatic nitrogens is 2. The van der Waals surface area contributed by atoms with E-state index in [0.29, 0.717) is 5.92 Å². The zero-order chi connectivity index (χ0) is 9.97. The minimum Gasteiger partial charge on any atom is -0.361 e. The number of fused-ring (bicyclic) bond motifs is 1. The highest BCUT2D eigenvalue weighted by atomic mass is 14.7. The number of nitrogens with one attached hydrogen (secondary N) is 1. The third-order valence-corrected chi connectivity index (χ3v) is 2.77. The number of hydrogen-bond acceptors (Lipinski definition) is 1. The summed E-state index contributed by atoms with van der Waals surface area (Å²) in [5, 5.41) is 1.27. The molecule has 2 nitrogen and oxygen atoms in total. The van der Waals surface area contributed by atoms with E-state index in [9.17, 15) is 0 Å². The van der Waals surface area contributed by atoms with Crippen LogP contribution < -0.4 is 0 Å². The van der Waals surface area contributed by atoms with E-state index in [1.54, 1.807) is 0 Å². The lowest BCUT2D eigenvalue weighted by molar-refractivity contribution is 0.669. The van der Waals surface area contributed by atoms with E-state index in [2.05, 4.69) is 30.0 Å². The Hall–Kier alpha value is -1.31. The fourth-order valence-corrected chi connectivity index (χ4v) is 1.98. The smallest absolute Gasteiger partial charge is 0.0487 e. The van der Waals surface area contributed by atoms with Crippen LogP contribution in [0.15, 0.2) is 24.7 Å². The molecule has 2 heterocycles. The summed E-state index contributed by atoms with van der Waals surface area (Å²) in [5.74, 6) is 0.623. The third kappa shape index (κ3) is 1.52. The van der Waals surface area contributed by atoms with Crippen LogP contribution in [0.1, 0.15) is 38.2 Å². The molecular formula is C12H16N2. The molecule has 0 fully saturated rings. The summed E-state index contributed by atoms with van der Waals surface area (Å²) in [6.07, 6.45) is 8.36. The van der Waals surface area contributed by atoms with Crippen LogP contribution in [0.3, 0.4) is 0 Å². The molecule has 0 spiro atoms. The lowest BCUT2D eigenvalue weighted by Crippen LogP contribution is -1.90. The van der Waals surface area contributed by atoms with Crippen molar-refractivity contribution >= 4 is 10.9 Å². The maximum atomic E-state index is 4.17. The van der Waals surface area contributed by atoms with Gasteiger partial charge in [0.25, 0.3) is 0 Å². The molecule has 0 radical (unpaired) electrons. The van der Waals surface area contributed by atoms with Crippen molar-refractivity contribution in [1.29, 1.82) is 0 Å². The Labute approximate surface area is 84.4 Å². The van der Waals surface area contributed by atoms with E-state index < -0.39 is 0 Å². The molecule has 2 aromatic rings. The van der Waals surface area contributed by atoms with E-state index in [1.165, 1.54) is 29.3 Å². The van der Waals surface area contributed by atoms with Gasteiger partial charge in [-0.2, -0.15) is 0 Å². The molecule has 74 valence electrons. The topological polar surface area (TPSA) is 28.7 Å². The standard InChI is InChI=1S/C12H16N2/c1-3-4-9(2)10-8-14-12-5-6-13-7-11(10)12/h5-9,14H,3-4H2,1-2H3. The first kappa shape index (κ1) is 9.25. The zero-order valence-corrected chi connectivity index (χ0v) is 8.75. The van der Waals surface area contributed by atoms with Crippen molar-refractivity contribution in [1.82, 2.24) is 9.97 Å². The van der Waals surface area contributed by atoms with Crippen LogP contribution >= 0.6 is 0 Å². The summed E-state index contributed by atoms with van der Waals surface area (Å²) in [4.78, 5) is 7.46. The molecule has 0 aliphatic carbocycles. The number of rotatable bonds is 3. The van der Waals surface area contributed by atoms with Crippen LogP contribution in [0.5, 0.6) is 0 Å². The molecule has 0 bridgehead atoms. The minimum absolute atomic E-state index is 0.623. The number of nitrogens with zero attached hydrogens (tertiary/aromatic N) is 1. The summed E-state index contributed by atoms with van der Waals surface area (Å²) in [6.45, 7) is 4.50. The van der Waals surface area contributed by atoms with Crippen molar-refractivity contribution in [3.63, 3.8) is 0 Å². The first-order valence-electron chi connectivity index (χ1n) is 5.24. The lowest BCUT2D eigenvalue weighted by Gasteiger charge is -2.07. The van der Waals surface area contributed by atoms with Crippen LogP contribution in [-0.4, -0.2) is 9.97 Å². The van der Waals surface area contributed by atoms with Gasteiger partial charge in [-0.25, -0.2) is 0 Å². The molecule has 2 rings (SSSR count). The number of aromatic amines is 1. The SMILES string of the molecule is CCCC(C)c1c[nH]c2ccncc12. The van der Waals surface area contributed by atoms with Crippen molar-refractivity contribution in [2.45, 2.75) is 32.6 Å². The summed E-state index contributed by atoms with van der Waals surface area (Å²) in [5.41, 5.74) is 2.59. The molecule has 0 saturated heterocycles. The monoisotopic (exact) mass is 188 g/mol. The Bertz CT molecular complexity index is 417. The molecule has 0 saturated carbocycles. The molecule has 0 aliphatic rings. The molecular weight excluding hydrogens is 172 g/mol. The van der Waals surface area contributed by atoms with Crippen molar-refractivity contribution in [2.75, 3.05) is 0 Å². The maximum absolute atomic E-state index is 4.17. The fraction of sp³-hybridized carbons (Fsp3) is 0.417. The molecule has 14 heavy (non-hydrogen) atoms. The highest BCUT2D eigenvalue weighted by Crippen LogP contribution is 2.27. The second-order valence-corrected chi connectivity index (χ2v) is 3.85. The predicted molar refractivity (Wildman–Crippen MR) is 59.4 cm³/mol. The van der Waals surface area contributed by atoms with Gasteiger partial charge in [0.05, 0.1) is 0 Å². The van der Waals surface area contributed by atoms with Crippen molar-refractivity contribution in [3.8, 4) is 0 Å². The van der Waals surface area contributed by atoms with Gasteiger partial charge in [0, 0.05) is 29.5 Å². The van der Waals surface area contributed by atoms with E-state index in [4.69, 9.17) is 0 Å². The van der Waals surface area contributed by atoms with E-state index in [-0.39, 0.29) is 0 Å². The Kier molecular flexibility index (Phi) is 2.53. The highest BCUT2D eigenvalue weighted by Gasteiger charge is 2.09. The molecule has 1 atom stereocenters. The normalized spacial score (nSPS) is 13.3. The summed E-state index contributed by atoms with van der Waals surface area (Å²) in [6, 6.07) is 2.03. The first-order chi connectivity index (χ1) is 6.83. The molecule has 0 aliphatic heterocycles. The third-order valence-electron chi connectivity index (χ3n) is 2.77. The van der Waals surface area contributed by atoms with Crippen LogP contribution in [0.25, 0.3) is 10.9 Å². The van der Waals surface area contributed by atoms with Gasteiger partial charge < -0.3 is 4.98 Å². The van der Waals surface area contributed by atoms with Crippen molar-refractivity contribution in [2.24, 2.45) is 0 Å². The quantitative estimate of drug-likeness (QED) is 0.785. The van der Waals surface area contributed by atoms with Crippen LogP contribution in [-0.2, 0) is 0 Å².